The molecule has 0 saturated heterocycles. The van der Waals surface area contributed by atoms with E-state index >= 15 is 0 Å². The van der Waals surface area contributed by atoms with Crippen molar-refractivity contribution in [3.63, 3.8) is 0 Å². The van der Waals surface area contributed by atoms with Crippen molar-refractivity contribution in [2.45, 2.75) is 0 Å². The molecule has 1 N–H and O–H groups in total. The Labute approximate surface area is 96.2 Å². The van der Waals surface area contributed by atoms with Crippen LogP contribution in [0.5, 0.6) is 0 Å². The third-order valence-corrected chi connectivity index (χ3v) is 2.60. The van der Waals surface area contributed by atoms with Crippen LogP contribution in [-0.4, -0.2) is 11.9 Å². The largest absolute Gasteiger partial charge is 0.443 e. The third-order valence-electron chi connectivity index (χ3n) is 2.60. The Kier molecular flexibility index (Phi) is 3.23. The van der Waals surface area contributed by atoms with Gasteiger partial charge in [-0.3, -0.25) is 0 Å². The lowest BCUT2D eigenvalue weighted by Gasteiger charge is -2.07. The van der Waals surface area contributed by atoms with Crippen molar-refractivity contribution in [1.29, 1.82) is 0 Å². The van der Waals surface area contributed by atoms with Gasteiger partial charge in [0.05, 0.1) is 0 Å². The van der Waals surface area contributed by atoms with Crippen molar-refractivity contribution in [3.8, 4) is 0 Å². The molecule has 0 aliphatic heterocycles. The lowest BCUT2D eigenvalue weighted by molar-refractivity contribution is 0.600. The predicted octanol–water partition coefficient (Wildman–Crippen LogP) is 1.43. The molecule has 2 aromatic carbocycles. The van der Waals surface area contributed by atoms with Gasteiger partial charge in [0, 0.05) is 0 Å². The highest BCUT2D eigenvalue weighted by Gasteiger charge is 2.15. The van der Waals surface area contributed by atoms with E-state index in [1.165, 1.54) is 0 Å². The summed E-state index contributed by atoms with van der Waals surface area (Å²) >= 11 is 0. The molecule has 0 unspecified atom stereocenters. The molecular formula is C14H13BO. The maximum atomic E-state index is 10.1. The van der Waals surface area contributed by atoms with Crippen molar-refractivity contribution in [1.82, 2.24) is 0 Å². The second-order valence-corrected chi connectivity index (χ2v) is 3.68. The highest BCUT2D eigenvalue weighted by atomic mass is 16.2. The summed E-state index contributed by atoms with van der Waals surface area (Å²) < 4.78 is 0. The third kappa shape index (κ3) is 2.23. The Balaban J connectivity index is 2.27. The van der Waals surface area contributed by atoms with E-state index in [2.05, 4.69) is 6.58 Å². The molecule has 0 spiro atoms. The second kappa shape index (κ2) is 4.82. The average Bonchev–Trinajstić information content (AvgIpc) is 2.39. The monoisotopic (exact) mass is 208 g/mol. The SMILES string of the molecule is C=Cc1ccc(B(O)c2ccccc2)cc1. The van der Waals surface area contributed by atoms with Crippen LogP contribution in [0.1, 0.15) is 5.56 Å². The highest BCUT2D eigenvalue weighted by molar-refractivity contribution is 6.78. The number of hydrogen-bond donors (Lipinski definition) is 1. The fourth-order valence-electron chi connectivity index (χ4n) is 1.64. The van der Waals surface area contributed by atoms with Crippen molar-refractivity contribution in [2.75, 3.05) is 0 Å². The Bertz CT molecular complexity index is 462. The summed E-state index contributed by atoms with van der Waals surface area (Å²) in [5, 5.41) is 10.1. The molecule has 0 aliphatic carbocycles. The minimum Gasteiger partial charge on any atom is -0.443 e. The first-order valence-corrected chi connectivity index (χ1v) is 5.26. The standard InChI is InChI=1S/C14H13BO/c1-2-12-8-10-14(11-9-12)15(16)13-6-4-3-5-7-13/h2-11,16H,1H2. The van der Waals surface area contributed by atoms with Gasteiger partial charge in [-0.15, -0.1) is 0 Å². The molecule has 0 saturated carbocycles. The van der Waals surface area contributed by atoms with Gasteiger partial charge >= 0.3 is 6.92 Å². The van der Waals surface area contributed by atoms with Crippen LogP contribution in [0.2, 0.25) is 0 Å². The predicted molar refractivity (Wildman–Crippen MR) is 70.2 cm³/mol. The van der Waals surface area contributed by atoms with Gasteiger partial charge in [0.2, 0.25) is 0 Å². The Morgan fingerprint density at radius 3 is 2.00 bits per heavy atom. The Morgan fingerprint density at radius 2 is 1.44 bits per heavy atom. The molecule has 0 aliphatic rings. The molecule has 1 nitrogen and oxygen atoms in total. The van der Waals surface area contributed by atoms with E-state index in [-0.39, 0.29) is 0 Å². The van der Waals surface area contributed by atoms with Crippen LogP contribution in [0, 0.1) is 0 Å². The second-order valence-electron chi connectivity index (χ2n) is 3.68. The van der Waals surface area contributed by atoms with Crippen LogP contribution in [0.25, 0.3) is 6.08 Å². The van der Waals surface area contributed by atoms with Gasteiger partial charge in [0.1, 0.15) is 0 Å². The molecule has 16 heavy (non-hydrogen) atoms. The quantitative estimate of drug-likeness (QED) is 0.756. The summed E-state index contributed by atoms with van der Waals surface area (Å²) in [6, 6.07) is 17.4. The van der Waals surface area contributed by atoms with E-state index in [0.29, 0.717) is 0 Å². The Morgan fingerprint density at radius 1 is 0.875 bits per heavy atom. The first-order valence-electron chi connectivity index (χ1n) is 5.26. The molecule has 0 fully saturated rings. The van der Waals surface area contributed by atoms with Crippen LogP contribution >= 0.6 is 0 Å². The molecule has 78 valence electrons. The molecule has 0 atom stereocenters. The molecule has 0 heterocycles. The highest BCUT2D eigenvalue weighted by Crippen LogP contribution is 1.98. The van der Waals surface area contributed by atoms with Crippen molar-refractivity contribution in [2.24, 2.45) is 0 Å². The van der Waals surface area contributed by atoms with E-state index < -0.39 is 6.92 Å². The van der Waals surface area contributed by atoms with Crippen LogP contribution in [0.15, 0.2) is 61.2 Å². The lowest BCUT2D eigenvalue weighted by Crippen LogP contribution is -2.42. The summed E-state index contributed by atoms with van der Waals surface area (Å²) in [6.07, 6.45) is 1.79. The normalized spacial score (nSPS) is 9.81. The van der Waals surface area contributed by atoms with E-state index in [0.717, 1.165) is 16.5 Å². The van der Waals surface area contributed by atoms with Crippen LogP contribution in [0.4, 0.5) is 0 Å². The van der Waals surface area contributed by atoms with Crippen LogP contribution < -0.4 is 10.9 Å². The zero-order valence-corrected chi connectivity index (χ0v) is 9.01. The van der Waals surface area contributed by atoms with Gasteiger partial charge in [0.25, 0.3) is 0 Å². The van der Waals surface area contributed by atoms with Crippen LogP contribution in [0.3, 0.4) is 0 Å². The maximum absolute atomic E-state index is 10.1. The average molecular weight is 208 g/mol. The molecule has 0 amide bonds. The van der Waals surface area contributed by atoms with Gasteiger partial charge < -0.3 is 5.02 Å². The summed E-state index contributed by atoms with van der Waals surface area (Å²) in [6.45, 7) is 3.15. The van der Waals surface area contributed by atoms with E-state index in [9.17, 15) is 5.02 Å². The van der Waals surface area contributed by atoms with E-state index in [1.807, 2.05) is 54.6 Å². The molecule has 2 heteroatoms. The summed E-state index contributed by atoms with van der Waals surface area (Å²) in [5.41, 5.74) is 2.87. The fourth-order valence-corrected chi connectivity index (χ4v) is 1.64. The van der Waals surface area contributed by atoms with Crippen molar-refractivity contribution in [3.05, 3.63) is 66.7 Å². The zero-order valence-electron chi connectivity index (χ0n) is 9.01. The minimum absolute atomic E-state index is 0.555. The van der Waals surface area contributed by atoms with E-state index in [1.54, 1.807) is 6.08 Å². The lowest BCUT2D eigenvalue weighted by atomic mass is 9.56. The summed E-state index contributed by atoms with van der Waals surface area (Å²) in [4.78, 5) is 0. The van der Waals surface area contributed by atoms with Gasteiger partial charge in [-0.2, -0.15) is 0 Å². The van der Waals surface area contributed by atoms with Gasteiger partial charge in [0.15, 0.2) is 0 Å². The van der Waals surface area contributed by atoms with Gasteiger partial charge in [-0.1, -0.05) is 67.3 Å². The smallest absolute Gasteiger partial charge is 0.358 e. The number of rotatable bonds is 3. The molecule has 0 bridgehead atoms. The summed E-state index contributed by atoms with van der Waals surface area (Å²) in [7, 11) is 0. The molecular weight excluding hydrogens is 195 g/mol. The molecule has 0 aromatic heterocycles. The fraction of sp³-hybridized carbons (Fsp3) is 0. The maximum Gasteiger partial charge on any atom is 0.358 e. The van der Waals surface area contributed by atoms with Gasteiger partial charge in [-0.05, 0) is 16.5 Å². The topological polar surface area (TPSA) is 20.2 Å². The minimum atomic E-state index is -0.555. The first-order chi connectivity index (χ1) is 7.81. The van der Waals surface area contributed by atoms with Gasteiger partial charge in [-0.25, -0.2) is 0 Å². The zero-order chi connectivity index (χ0) is 11.4. The molecule has 2 rings (SSSR count). The molecule has 2 aromatic rings. The van der Waals surface area contributed by atoms with E-state index in [4.69, 9.17) is 0 Å². The summed E-state index contributed by atoms with van der Waals surface area (Å²) in [5.74, 6) is 0. The molecule has 0 radical (unpaired) electrons. The van der Waals surface area contributed by atoms with Crippen LogP contribution in [-0.2, 0) is 0 Å². The Hall–Kier alpha value is -1.80. The van der Waals surface area contributed by atoms with Crippen molar-refractivity contribution >= 4 is 23.9 Å². The number of benzene rings is 2. The first kappa shape index (κ1) is 10.7. The van der Waals surface area contributed by atoms with Crippen molar-refractivity contribution < 1.29 is 5.02 Å². The number of hydrogen-bond acceptors (Lipinski definition) is 1.